The smallest absolute Gasteiger partial charge is 0.320 e. The first-order valence-corrected chi connectivity index (χ1v) is 7.35. The van der Waals surface area contributed by atoms with Crippen molar-refractivity contribution in [3.05, 3.63) is 35.9 Å². The van der Waals surface area contributed by atoms with Gasteiger partial charge in [-0.15, -0.1) is 0 Å². The number of carboxylic acid groups (broad SMARTS) is 1. The highest BCUT2D eigenvalue weighted by Crippen LogP contribution is 2.21. The summed E-state index contributed by atoms with van der Waals surface area (Å²) in [6, 6.07) is 9.81. The number of hydrogen-bond donors (Lipinski definition) is 1. The lowest BCUT2D eigenvalue weighted by atomic mass is 10.1. The molecule has 5 heteroatoms. The van der Waals surface area contributed by atoms with E-state index >= 15 is 0 Å². The summed E-state index contributed by atoms with van der Waals surface area (Å²) < 4.78 is 0. The number of nitrogens with zero attached hydrogens (tertiary/aromatic N) is 2. The van der Waals surface area contributed by atoms with Gasteiger partial charge in [-0.3, -0.25) is 4.79 Å². The van der Waals surface area contributed by atoms with Crippen molar-refractivity contribution in [3.8, 4) is 0 Å². The molecular formula is C16H22N2O3. The monoisotopic (exact) mass is 290 g/mol. The number of hydrogen-bond acceptors (Lipinski definition) is 2. The van der Waals surface area contributed by atoms with Crippen LogP contribution in [0.1, 0.15) is 24.8 Å². The van der Waals surface area contributed by atoms with Crippen LogP contribution in [-0.2, 0) is 11.2 Å². The molecule has 1 heterocycles. The Morgan fingerprint density at radius 2 is 2.05 bits per heavy atom. The van der Waals surface area contributed by atoms with E-state index in [4.69, 9.17) is 5.11 Å². The number of amides is 2. The number of rotatable bonds is 5. The predicted octanol–water partition coefficient (Wildman–Crippen LogP) is 2.22. The summed E-state index contributed by atoms with van der Waals surface area (Å²) in [4.78, 5) is 26.7. The van der Waals surface area contributed by atoms with Gasteiger partial charge in [0.1, 0.15) is 0 Å². The number of urea groups is 1. The number of aliphatic carboxylic acids is 1. The maximum absolute atomic E-state index is 12.4. The molecule has 0 radical (unpaired) electrons. The molecule has 1 fully saturated rings. The number of benzene rings is 1. The third-order valence-corrected chi connectivity index (χ3v) is 3.94. The first-order valence-electron chi connectivity index (χ1n) is 7.35. The van der Waals surface area contributed by atoms with E-state index in [1.807, 2.05) is 30.3 Å². The van der Waals surface area contributed by atoms with Crippen molar-refractivity contribution in [1.82, 2.24) is 9.80 Å². The number of likely N-dealkylation sites (tertiary alicyclic amines) is 1. The molecule has 0 aromatic heterocycles. The van der Waals surface area contributed by atoms with Crippen molar-refractivity contribution in [1.29, 1.82) is 0 Å². The quantitative estimate of drug-likeness (QED) is 0.904. The minimum atomic E-state index is -0.841. The summed E-state index contributed by atoms with van der Waals surface area (Å²) in [6.45, 7) is 1.30. The van der Waals surface area contributed by atoms with Gasteiger partial charge in [0.15, 0.2) is 0 Å². The summed E-state index contributed by atoms with van der Waals surface area (Å²) in [7, 11) is 1.78. The Hall–Kier alpha value is -2.04. The van der Waals surface area contributed by atoms with Crippen molar-refractivity contribution in [2.75, 3.05) is 20.1 Å². The van der Waals surface area contributed by atoms with Crippen LogP contribution >= 0.6 is 0 Å². The Morgan fingerprint density at radius 3 is 2.71 bits per heavy atom. The Labute approximate surface area is 125 Å². The summed E-state index contributed by atoms with van der Waals surface area (Å²) in [5, 5.41) is 8.91. The summed E-state index contributed by atoms with van der Waals surface area (Å²) in [5.74, 6) is -0.841. The van der Waals surface area contributed by atoms with E-state index in [9.17, 15) is 9.59 Å². The predicted molar refractivity (Wildman–Crippen MR) is 80.2 cm³/mol. The topological polar surface area (TPSA) is 60.9 Å². The second kappa shape index (κ2) is 7.11. The molecule has 1 atom stereocenters. The van der Waals surface area contributed by atoms with Crippen molar-refractivity contribution in [3.63, 3.8) is 0 Å². The molecule has 5 nitrogen and oxygen atoms in total. The molecule has 114 valence electrons. The Balaban J connectivity index is 1.88. The zero-order valence-corrected chi connectivity index (χ0v) is 12.4. The van der Waals surface area contributed by atoms with Gasteiger partial charge in [0, 0.05) is 26.2 Å². The molecule has 0 saturated carbocycles. The van der Waals surface area contributed by atoms with Crippen LogP contribution < -0.4 is 0 Å². The van der Waals surface area contributed by atoms with E-state index in [0.717, 1.165) is 19.3 Å². The van der Waals surface area contributed by atoms with Crippen LogP contribution in [0.5, 0.6) is 0 Å². The zero-order chi connectivity index (χ0) is 15.2. The normalized spacial score (nSPS) is 17.8. The van der Waals surface area contributed by atoms with E-state index in [-0.39, 0.29) is 18.5 Å². The molecule has 21 heavy (non-hydrogen) atoms. The molecule has 0 bridgehead atoms. The van der Waals surface area contributed by atoms with Gasteiger partial charge >= 0.3 is 12.0 Å². The van der Waals surface area contributed by atoms with Gasteiger partial charge in [-0.05, 0) is 24.8 Å². The lowest BCUT2D eigenvalue weighted by molar-refractivity contribution is -0.138. The molecule has 1 saturated heterocycles. The van der Waals surface area contributed by atoms with Crippen LogP contribution in [0.3, 0.4) is 0 Å². The zero-order valence-electron chi connectivity index (χ0n) is 12.4. The molecule has 1 aliphatic rings. The van der Waals surface area contributed by atoms with E-state index < -0.39 is 5.97 Å². The maximum atomic E-state index is 12.4. The number of carbonyl (C=O) groups is 2. The molecule has 2 amide bonds. The van der Waals surface area contributed by atoms with Crippen LogP contribution in [0, 0.1) is 0 Å². The Bertz CT molecular complexity index is 490. The lowest BCUT2D eigenvalue weighted by Crippen LogP contribution is -2.45. The fourth-order valence-electron chi connectivity index (χ4n) is 2.76. The maximum Gasteiger partial charge on any atom is 0.320 e. The Morgan fingerprint density at radius 1 is 1.33 bits per heavy atom. The first-order chi connectivity index (χ1) is 10.1. The van der Waals surface area contributed by atoms with Gasteiger partial charge in [0.25, 0.3) is 0 Å². The molecule has 1 N–H and O–H groups in total. The summed E-state index contributed by atoms with van der Waals surface area (Å²) >= 11 is 0. The second-order valence-corrected chi connectivity index (χ2v) is 5.53. The number of carbonyl (C=O) groups excluding carboxylic acids is 1. The third kappa shape index (κ3) is 4.21. The van der Waals surface area contributed by atoms with Crippen LogP contribution in [0.2, 0.25) is 0 Å². The largest absolute Gasteiger partial charge is 0.481 e. The highest BCUT2D eigenvalue weighted by atomic mass is 16.4. The van der Waals surface area contributed by atoms with Crippen LogP contribution in [0.25, 0.3) is 0 Å². The van der Waals surface area contributed by atoms with Gasteiger partial charge in [-0.2, -0.15) is 0 Å². The van der Waals surface area contributed by atoms with E-state index in [1.165, 1.54) is 5.56 Å². The molecule has 1 aromatic carbocycles. The minimum absolute atomic E-state index is 0.0399. The van der Waals surface area contributed by atoms with Crippen molar-refractivity contribution in [2.24, 2.45) is 0 Å². The molecule has 0 aliphatic carbocycles. The van der Waals surface area contributed by atoms with Gasteiger partial charge in [0.2, 0.25) is 0 Å². The minimum Gasteiger partial charge on any atom is -0.481 e. The van der Waals surface area contributed by atoms with Gasteiger partial charge in [0.05, 0.1) is 6.42 Å². The van der Waals surface area contributed by atoms with Gasteiger partial charge < -0.3 is 14.9 Å². The molecule has 0 spiro atoms. The standard InChI is InChI=1S/C16H22N2O3/c1-17(11-9-13-6-3-2-4-7-13)16(21)18-10-5-8-14(18)12-15(19)20/h2-4,6-7,14H,5,8-12H2,1H3,(H,19,20). The average Bonchev–Trinajstić information content (AvgIpc) is 2.92. The van der Waals surface area contributed by atoms with E-state index in [1.54, 1.807) is 16.8 Å². The highest BCUT2D eigenvalue weighted by Gasteiger charge is 2.31. The fourth-order valence-corrected chi connectivity index (χ4v) is 2.76. The number of carboxylic acids is 1. The molecule has 2 rings (SSSR count). The van der Waals surface area contributed by atoms with Gasteiger partial charge in [-0.1, -0.05) is 30.3 Å². The van der Waals surface area contributed by atoms with E-state index in [2.05, 4.69) is 0 Å². The van der Waals surface area contributed by atoms with Crippen LogP contribution in [-0.4, -0.2) is 53.1 Å². The fraction of sp³-hybridized carbons (Fsp3) is 0.500. The van der Waals surface area contributed by atoms with Gasteiger partial charge in [-0.25, -0.2) is 4.79 Å². The molecule has 1 aromatic rings. The molecule has 1 unspecified atom stereocenters. The first kappa shape index (κ1) is 15.4. The van der Waals surface area contributed by atoms with Crippen LogP contribution in [0.4, 0.5) is 4.79 Å². The average molecular weight is 290 g/mol. The summed E-state index contributed by atoms with van der Waals surface area (Å²) in [6.07, 6.45) is 2.51. The second-order valence-electron chi connectivity index (χ2n) is 5.53. The SMILES string of the molecule is CN(CCc1ccccc1)C(=O)N1CCCC1CC(=O)O. The highest BCUT2D eigenvalue weighted by molar-refractivity contribution is 5.76. The molecular weight excluding hydrogens is 268 g/mol. The van der Waals surface area contributed by atoms with E-state index in [0.29, 0.717) is 13.1 Å². The lowest BCUT2D eigenvalue weighted by Gasteiger charge is -2.29. The van der Waals surface area contributed by atoms with Crippen LogP contribution in [0.15, 0.2) is 30.3 Å². The third-order valence-electron chi connectivity index (χ3n) is 3.94. The van der Waals surface area contributed by atoms with Crippen molar-refractivity contribution < 1.29 is 14.7 Å². The Kier molecular flexibility index (Phi) is 5.20. The molecule has 1 aliphatic heterocycles. The van der Waals surface area contributed by atoms with Crippen molar-refractivity contribution >= 4 is 12.0 Å². The summed E-state index contributed by atoms with van der Waals surface area (Å²) in [5.41, 5.74) is 1.20. The number of likely N-dealkylation sites (N-methyl/N-ethyl adjacent to an activating group) is 1. The van der Waals surface area contributed by atoms with Crippen molar-refractivity contribution in [2.45, 2.75) is 31.7 Å².